The topological polar surface area (TPSA) is 104 Å². The molecule has 2 N–H and O–H groups in total. The van der Waals surface area contributed by atoms with Gasteiger partial charge in [-0.1, -0.05) is 6.07 Å². The van der Waals surface area contributed by atoms with Crippen molar-refractivity contribution in [3.8, 4) is 0 Å². The zero-order valence-corrected chi connectivity index (χ0v) is 20.8. The van der Waals surface area contributed by atoms with Gasteiger partial charge in [0.2, 0.25) is 0 Å². The van der Waals surface area contributed by atoms with Crippen molar-refractivity contribution in [2.75, 3.05) is 31.1 Å². The highest BCUT2D eigenvalue weighted by Gasteiger charge is 2.30. The van der Waals surface area contributed by atoms with Crippen LogP contribution in [0.2, 0.25) is 0 Å². The summed E-state index contributed by atoms with van der Waals surface area (Å²) in [5.41, 5.74) is 3.59. The number of amides is 1. The molecule has 2 aliphatic heterocycles. The molecule has 1 atom stereocenters. The number of hydrogen-bond acceptors (Lipinski definition) is 5. The number of aliphatic hydroxyl groups is 1. The smallest absolute Gasteiger partial charge is 0.412 e. The van der Waals surface area contributed by atoms with Gasteiger partial charge in [-0.3, -0.25) is 9.69 Å². The Morgan fingerprint density at radius 1 is 1.08 bits per heavy atom. The molecule has 5 rings (SSSR count). The van der Waals surface area contributed by atoms with E-state index in [1.807, 2.05) is 25.1 Å². The van der Waals surface area contributed by atoms with Crippen LogP contribution in [0.3, 0.4) is 0 Å². The summed E-state index contributed by atoms with van der Waals surface area (Å²) in [7, 11) is 0. The van der Waals surface area contributed by atoms with Crippen molar-refractivity contribution in [2.45, 2.75) is 58.2 Å². The van der Waals surface area contributed by atoms with Gasteiger partial charge in [0.25, 0.3) is 5.56 Å². The van der Waals surface area contributed by atoms with Crippen molar-refractivity contribution in [2.24, 2.45) is 5.92 Å². The van der Waals surface area contributed by atoms with E-state index in [9.17, 15) is 19.8 Å². The van der Waals surface area contributed by atoms with Crippen LogP contribution in [0.5, 0.6) is 0 Å². The molecule has 192 valence electrons. The normalized spacial score (nSPS) is 19.1. The van der Waals surface area contributed by atoms with Gasteiger partial charge in [-0.25, -0.2) is 9.78 Å². The van der Waals surface area contributed by atoms with Crippen molar-refractivity contribution in [1.29, 1.82) is 0 Å². The predicted molar refractivity (Wildman–Crippen MR) is 139 cm³/mol. The van der Waals surface area contributed by atoms with Gasteiger partial charge in [0.05, 0.1) is 16.7 Å². The van der Waals surface area contributed by atoms with Gasteiger partial charge in [0.1, 0.15) is 5.82 Å². The van der Waals surface area contributed by atoms with Gasteiger partial charge in [0.15, 0.2) is 0 Å². The number of rotatable bonds is 7. The van der Waals surface area contributed by atoms with Gasteiger partial charge in [0, 0.05) is 56.5 Å². The second kappa shape index (κ2) is 10.4. The Labute approximate surface area is 210 Å². The highest BCUT2D eigenvalue weighted by atomic mass is 16.4. The SMILES string of the molecule is CC1CCc2c(ccc3c2nc(CCn2ccccc2=O)n3CCN2CCC(CO)CC2)N1C(=O)O. The maximum atomic E-state index is 12.3. The average Bonchev–Trinajstić information content (AvgIpc) is 3.24. The molecule has 3 aromatic rings. The quantitative estimate of drug-likeness (QED) is 0.525. The van der Waals surface area contributed by atoms with Crippen LogP contribution in [0.4, 0.5) is 10.5 Å². The first kappa shape index (κ1) is 24.5. The van der Waals surface area contributed by atoms with E-state index < -0.39 is 6.09 Å². The Morgan fingerprint density at radius 2 is 1.89 bits per heavy atom. The van der Waals surface area contributed by atoms with Gasteiger partial charge >= 0.3 is 6.09 Å². The number of aliphatic hydroxyl groups excluding tert-OH is 1. The number of piperidine rings is 1. The molecule has 1 saturated heterocycles. The zero-order valence-electron chi connectivity index (χ0n) is 20.8. The lowest BCUT2D eigenvalue weighted by Crippen LogP contribution is -2.41. The lowest BCUT2D eigenvalue weighted by molar-refractivity contribution is 0.129. The molecule has 0 radical (unpaired) electrons. The Kier molecular flexibility index (Phi) is 7.11. The Morgan fingerprint density at radius 3 is 2.61 bits per heavy atom. The van der Waals surface area contributed by atoms with E-state index in [1.54, 1.807) is 22.9 Å². The molecule has 1 unspecified atom stereocenters. The minimum absolute atomic E-state index is 0.0321. The van der Waals surface area contributed by atoms with E-state index >= 15 is 0 Å². The van der Waals surface area contributed by atoms with Crippen LogP contribution in [0, 0.1) is 5.92 Å². The van der Waals surface area contributed by atoms with Gasteiger partial charge in [-0.05, 0) is 69.8 Å². The number of benzene rings is 1. The molecule has 9 nitrogen and oxygen atoms in total. The third kappa shape index (κ3) is 4.77. The monoisotopic (exact) mass is 493 g/mol. The fourth-order valence-corrected chi connectivity index (χ4v) is 5.71. The number of carboxylic acid groups (broad SMARTS) is 1. The number of anilines is 1. The molecule has 0 aliphatic carbocycles. The minimum atomic E-state index is -0.933. The van der Waals surface area contributed by atoms with Crippen LogP contribution in [-0.4, -0.2) is 67.6 Å². The van der Waals surface area contributed by atoms with Crippen LogP contribution in [0.1, 0.15) is 37.6 Å². The van der Waals surface area contributed by atoms with E-state index in [0.717, 1.165) is 80.0 Å². The van der Waals surface area contributed by atoms with E-state index in [2.05, 4.69) is 9.47 Å². The zero-order chi connectivity index (χ0) is 25.2. The van der Waals surface area contributed by atoms with Gasteiger partial charge < -0.3 is 24.2 Å². The number of pyridine rings is 1. The number of aromatic nitrogens is 3. The highest BCUT2D eigenvalue weighted by Crippen LogP contribution is 2.36. The van der Waals surface area contributed by atoms with Crippen molar-refractivity contribution in [3.05, 3.63) is 58.3 Å². The number of aryl methyl sites for hydroxylation is 3. The molecule has 4 heterocycles. The maximum Gasteiger partial charge on any atom is 0.412 e. The molecule has 36 heavy (non-hydrogen) atoms. The van der Waals surface area contributed by atoms with Crippen LogP contribution in [-0.2, 0) is 25.9 Å². The number of carbonyl (C=O) groups is 1. The number of imidazole rings is 1. The third-order valence-electron chi connectivity index (χ3n) is 7.88. The summed E-state index contributed by atoms with van der Waals surface area (Å²) in [6.45, 7) is 6.36. The van der Waals surface area contributed by atoms with Crippen LogP contribution < -0.4 is 10.5 Å². The first-order valence-corrected chi connectivity index (χ1v) is 13.0. The summed E-state index contributed by atoms with van der Waals surface area (Å²) in [6.07, 6.45) is 5.06. The summed E-state index contributed by atoms with van der Waals surface area (Å²) in [4.78, 5) is 33.2. The predicted octanol–water partition coefficient (Wildman–Crippen LogP) is 2.96. The molecule has 1 amide bonds. The van der Waals surface area contributed by atoms with Crippen LogP contribution in [0.25, 0.3) is 11.0 Å². The van der Waals surface area contributed by atoms with Crippen molar-refractivity contribution < 1.29 is 15.0 Å². The number of likely N-dealkylation sites (tertiary alicyclic amines) is 1. The molecule has 1 aromatic carbocycles. The molecule has 0 spiro atoms. The number of fused-ring (bicyclic) bond motifs is 3. The lowest BCUT2D eigenvalue weighted by Gasteiger charge is -2.33. The first-order valence-electron chi connectivity index (χ1n) is 13.0. The minimum Gasteiger partial charge on any atom is -0.465 e. The fourth-order valence-electron chi connectivity index (χ4n) is 5.71. The van der Waals surface area contributed by atoms with Gasteiger partial charge in [-0.2, -0.15) is 0 Å². The van der Waals surface area contributed by atoms with Crippen LogP contribution in [0.15, 0.2) is 41.3 Å². The van der Waals surface area contributed by atoms with E-state index in [-0.39, 0.29) is 18.2 Å². The number of nitrogens with zero attached hydrogens (tertiary/aromatic N) is 5. The summed E-state index contributed by atoms with van der Waals surface area (Å²) >= 11 is 0. The number of hydrogen-bond donors (Lipinski definition) is 2. The largest absolute Gasteiger partial charge is 0.465 e. The summed E-state index contributed by atoms with van der Waals surface area (Å²) in [6, 6.07) is 9.04. The van der Waals surface area contributed by atoms with Crippen molar-refractivity contribution >= 4 is 22.8 Å². The lowest BCUT2D eigenvalue weighted by atomic mass is 9.96. The Bertz CT molecular complexity index is 1290. The van der Waals surface area contributed by atoms with Crippen LogP contribution >= 0.6 is 0 Å². The molecule has 1 fully saturated rings. The summed E-state index contributed by atoms with van der Waals surface area (Å²) in [5, 5.41) is 19.3. The first-order chi connectivity index (χ1) is 17.5. The van der Waals surface area contributed by atoms with E-state index in [0.29, 0.717) is 18.9 Å². The van der Waals surface area contributed by atoms with E-state index in [4.69, 9.17) is 4.98 Å². The molecule has 2 aromatic heterocycles. The summed E-state index contributed by atoms with van der Waals surface area (Å²) in [5.74, 6) is 1.32. The molecule has 0 saturated carbocycles. The Balaban J connectivity index is 1.47. The second-order valence-electron chi connectivity index (χ2n) is 10.1. The average molecular weight is 494 g/mol. The van der Waals surface area contributed by atoms with E-state index in [1.165, 1.54) is 4.90 Å². The standard InChI is InChI=1S/C27H35N5O4/c1-19-5-6-21-22(32(19)27(35)36)7-8-23-26(21)28-24(11-15-30-12-3-2-4-25(30)34)31(23)17-16-29-13-9-20(18-33)10-14-29/h2-4,7-8,12,19-20,33H,5-6,9-11,13-18H2,1H3,(H,35,36). The third-order valence-corrected chi connectivity index (χ3v) is 7.88. The second-order valence-corrected chi connectivity index (χ2v) is 10.1. The molecule has 2 aliphatic rings. The Hall–Kier alpha value is -3.17. The maximum absolute atomic E-state index is 12.3. The molecule has 9 heteroatoms. The molecule has 0 bridgehead atoms. The highest BCUT2D eigenvalue weighted by molar-refractivity contribution is 5.94. The fraction of sp³-hybridized carbons (Fsp3) is 0.519. The summed E-state index contributed by atoms with van der Waals surface area (Å²) < 4.78 is 3.96. The van der Waals surface area contributed by atoms with Crippen molar-refractivity contribution in [3.63, 3.8) is 0 Å². The van der Waals surface area contributed by atoms with Crippen molar-refractivity contribution in [1.82, 2.24) is 19.0 Å². The van der Waals surface area contributed by atoms with Gasteiger partial charge in [-0.15, -0.1) is 0 Å². The molecular formula is C27H35N5O4. The molecular weight excluding hydrogens is 458 g/mol.